The molecule has 1 aromatic rings. The molecule has 88 valence electrons. The van der Waals surface area contributed by atoms with Crippen LogP contribution in [0.3, 0.4) is 0 Å². The van der Waals surface area contributed by atoms with Crippen molar-refractivity contribution in [2.75, 3.05) is 19.6 Å². The van der Waals surface area contributed by atoms with Gasteiger partial charge in [0.1, 0.15) is 0 Å². The van der Waals surface area contributed by atoms with E-state index in [-0.39, 0.29) is 0 Å². The Labute approximate surface area is 102 Å². The van der Waals surface area contributed by atoms with E-state index in [9.17, 15) is 0 Å². The van der Waals surface area contributed by atoms with Gasteiger partial charge in [0.05, 0.1) is 10.7 Å². The maximum absolute atomic E-state index is 4.53. The summed E-state index contributed by atoms with van der Waals surface area (Å²) in [6.45, 7) is 5.98. The topological polar surface area (TPSA) is 16.1 Å². The number of hydrogen-bond acceptors (Lipinski definition) is 3. The second-order valence-corrected chi connectivity index (χ2v) is 6.55. The van der Waals surface area contributed by atoms with Crippen molar-refractivity contribution in [3.8, 4) is 0 Å². The summed E-state index contributed by atoms with van der Waals surface area (Å²) in [7, 11) is 0. The molecular formula is C13H20N2S. The lowest BCUT2D eigenvalue weighted by Gasteiger charge is -2.38. The van der Waals surface area contributed by atoms with Crippen LogP contribution in [0.25, 0.3) is 0 Å². The molecule has 2 fully saturated rings. The van der Waals surface area contributed by atoms with Gasteiger partial charge in [-0.1, -0.05) is 6.42 Å². The van der Waals surface area contributed by atoms with Crippen molar-refractivity contribution in [2.24, 2.45) is 5.41 Å². The average Bonchev–Trinajstić information content (AvgIpc) is 2.80. The highest BCUT2D eigenvalue weighted by Crippen LogP contribution is 2.47. The van der Waals surface area contributed by atoms with E-state index < -0.39 is 0 Å². The lowest BCUT2D eigenvalue weighted by molar-refractivity contribution is 0.139. The Morgan fingerprint density at radius 1 is 1.44 bits per heavy atom. The van der Waals surface area contributed by atoms with E-state index in [1.807, 2.05) is 0 Å². The molecule has 2 heterocycles. The van der Waals surface area contributed by atoms with Crippen LogP contribution in [0.15, 0.2) is 5.38 Å². The largest absolute Gasteiger partial charge is 0.302 e. The summed E-state index contributed by atoms with van der Waals surface area (Å²) in [5, 5.41) is 3.41. The molecule has 0 N–H and O–H groups in total. The zero-order chi connectivity index (χ0) is 11.0. The maximum Gasteiger partial charge on any atom is 0.0897 e. The van der Waals surface area contributed by atoms with Crippen LogP contribution in [0.4, 0.5) is 0 Å². The van der Waals surface area contributed by atoms with Gasteiger partial charge in [-0.2, -0.15) is 0 Å². The van der Waals surface area contributed by atoms with Gasteiger partial charge in [-0.15, -0.1) is 11.3 Å². The lowest BCUT2D eigenvalue weighted by Crippen LogP contribution is -2.33. The fourth-order valence-corrected chi connectivity index (χ4v) is 3.75. The van der Waals surface area contributed by atoms with Crippen LogP contribution in [0, 0.1) is 12.3 Å². The first kappa shape index (κ1) is 10.7. The lowest BCUT2D eigenvalue weighted by atomic mass is 9.68. The zero-order valence-electron chi connectivity index (χ0n) is 10.0. The Bertz CT molecular complexity index is 368. The highest BCUT2D eigenvalue weighted by molar-refractivity contribution is 7.09. The van der Waals surface area contributed by atoms with E-state index in [1.165, 1.54) is 56.0 Å². The summed E-state index contributed by atoms with van der Waals surface area (Å²) < 4.78 is 0. The average molecular weight is 236 g/mol. The fourth-order valence-electron chi connectivity index (χ4n) is 3.10. The molecule has 1 aliphatic heterocycles. The molecule has 0 aromatic carbocycles. The van der Waals surface area contributed by atoms with Crippen LogP contribution in [-0.2, 0) is 6.42 Å². The first-order chi connectivity index (χ1) is 7.76. The van der Waals surface area contributed by atoms with E-state index >= 15 is 0 Å². The monoisotopic (exact) mass is 236 g/mol. The molecule has 3 heteroatoms. The number of likely N-dealkylation sites (tertiary alicyclic amines) is 1. The van der Waals surface area contributed by atoms with Crippen LogP contribution in [0.5, 0.6) is 0 Å². The number of aromatic nitrogens is 1. The second kappa shape index (κ2) is 4.11. The van der Waals surface area contributed by atoms with Gasteiger partial charge >= 0.3 is 0 Å². The molecule has 0 radical (unpaired) electrons. The molecule has 1 aromatic heterocycles. The number of hydrogen-bond donors (Lipinski definition) is 0. The van der Waals surface area contributed by atoms with Crippen molar-refractivity contribution < 1.29 is 0 Å². The highest BCUT2D eigenvalue weighted by atomic mass is 32.1. The zero-order valence-corrected chi connectivity index (χ0v) is 10.9. The number of rotatable bonds is 3. The van der Waals surface area contributed by atoms with E-state index in [1.54, 1.807) is 11.3 Å². The van der Waals surface area contributed by atoms with Gasteiger partial charge in [0.2, 0.25) is 0 Å². The third-order valence-corrected chi connectivity index (χ3v) is 5.10. The minimum absolute atomic E-state index is 0.748. The third-order valence-electron chi connectivity index (χ3n) is 4.28. The summed E-state index contributed by atoms with van der Waals surface area (Å²) >= 11 is 1.77. The Balaban J connectivity index is 1.49. The Morgan fingerprint density at radius 3 is 2.88 bits per heavy atom. The molecule has 0 unspecified atom stereocenters. The number of nitrogens with zero attached hydrogens (tertiary/aromatic N) is 2. The van der Waals surface area contributed by atoms with Crippen molar-refractivity contribution in [3.63, 3.8) is 0 Å². The van der Waals surface area contributed by atoms with E-state index in [2.05, 4.69) is 22.2 Å². The van der Waals surface area contributed by atoms with E-state index in [4.69, 9.17) is 0 Å². The SMILES string of the molecule is Cc1nc(CCN2CCC3(CCC3)C2)cs1. The summed E-state index contributed by atoms with van der Waals surface area (Å²) in [6.07, 6.45) is 7.03. The molecule has 0 atom stereocenters. The van der Waals surface area contributed by atoms with Crippen LogP contribution in [-0.4, -0.2) is 29.5 Å². The predicted molar refractivity (Wildman–Crippen MR) is 67.9 cm³/mol. The third kappa shape index (κ3) is 2.03. The van der Waals surface area contributed by atoms with Crippen molar-refractivity contribution in [1.29, 1.82) is 0 Å². The summed E-state index contributed by atoms with van der Waals surface area (Å²) in [4.78, 5) is 7.18. The van der Waals surface area contributed by atoms with Gasteiger partial charge in [-0.3, -0.25) is 0 Å². The molecule has 16 heavy (non-hydrogen) atoms. The van der Waals surface area contributed by atoms with Gasteiger partial charge in [0.15, 0.2) is 0 Å². The highest BCUT2D eigenvalue weighted by Gasteiger charge is 2.42. The molecule has 1 saturated carbocycles. The van der Waals surface area contributed by atoms with E-state index in [0.29, 0.717) is 0 Å². The molecule has 1 aliphatic carbocycles. The van der Waals surface area contributed by atoms with Crippen molar-refractivity contribution in [2.45, 2.75) is 39.0 Å². The van der Waals surface area contributed by atoms with Crippen molar-refractivity contribution >= 4 is 11.3 Å². The fraction of sp³-hybridized carbons (Fsp3) is 0.769. The molecule has 1 spiro atoms. The summed E-state index contributed by atoms with van der Waals surface area (Å²) in [5.74, 6) is 0. The van der Waals surface area contributed by atoms with Crippen LogP contribution in [0.2, 0.25) is 0 Å². The summed E-state index contributed by atoms with van der Waals surface area (Å²) in [6, 6.07) is 0. The van der Waals surface area contributed by atoms with Gasteiger partial charge in [-0.25, -0.2) is 4.98 Å². The smallest absolute Gasteiger partial charge is 0.0897 e. The first-order valence-electron chi connectivity index (χ1n) is 6.39. The predicted octanol–water partition coefficient (Wildman–Crippen LogP) is 2.87. The van der Waals surface area contributed by atoms with E-state index in [0.717, 1.165) is 11.8 Å². The minimum atomic E-state index is 0.748. The molecule has 1 saturated heterocycles. The molecule has 0 bridgehead atoms. The van der Waals surface area contributed by atoms with Crippen LogP contribution in [0.1, 0.15) is 36.4 Å². The molecule has 2 nitrogen and oxygen atoms in total. The van der Waals surface area contributed by atoms with Crippen molar-refractivity contribution in [3.05, 3.63) is 16.1 Å². The Hall–Kier alpha value is -0.410. The van der Waals surface area contributed by atoms with Gasteiger partial charge < -0.3 is 4.90 Å². The molecular weight excluding hydrogens is 216 g/mol. The number of thiazole rings is 1. The number of aryl methyl sites for hydroxylation is 1. The Kier molecular flexibility index (Phi) is 2.76. The standard InChI is InChI=1S/C13H20N2S/c1-11-14-12(9-16-11)3-7-15-8-6-13(10-15)4-2-5-13/h9H,2-8,10H2,1H3. The van der Waals surface area contributed by atoms with Gasteiger partial charge in [-0.05, 0) is 38.1 Å². The first-order valence-corrected chi connectivity index (χ1v) is 7.27. The van der Waals surface area contributed by atoms with Gasteiger partial charge in [0.25, 0.3) is 0 Å². The Morgan fingerprint density at radius 2 is 2.31 bits per heavy atom. The molecule has 3 rings (SSSR count). The normalized spacial score (nSPS) is 23.8. The quantitative estimate of drug-likeness (QED) is 0.802. The minimum Gasteiger partial charge on any atom is -0.302 e. The van der Waals surface area contributed by atoms with Crippen molar-refractivity contribution in [1.82, 2.24) is 9.88 Å². The maximum atomic E-state index is 4.53. The second-order valence-electron chi connectivity index (χ2n) is 5.49. The summed E-state index contributed by atoms with van der Waals surface area (Å²) in [5.41, 5.74) is 2.04. The molecule has 2 aliphatic rings. The molecule has 0 amide bonds. The van der Waals surface area contributed by atoms with Gasteiger partial charge in [0, 0.05) is 24.9 Å². The van der Waals surface area contributed by atoms with Crippen LogP contribution >= 0.6 is 11.3 Å². The van der Waals surface area contributed by atoms with Crippen LogP contribution < -0.4 is 0 Å².